The predicted molar refractivity (Wildman–Crippen MR) is 46.4 cm³/mol. The van der Waals surface area contributed by atoms with Gasteiger partial charge in [-0.2, -0.15) is 0 Å². The summed E-state index contributed by atoms with van der Waals surface area (Å²) in [6.45, 7) is 8.05. The number of ether oxygens (including phenoxy) is 1. The molecular weight excluding hydrogens is 140 g/mol. The largest absolute Gasteiger partial charge is 0.394 e. The van der Waals surface area contributed by atoms with Crippen LogP contribution >= 0.6 is 0 Å². The van der Waals surface area contributed by atoms with Crippen LogP contribution in [-0.2, 0) is 4.74 Å². The van der Waals surface area contributed by atoms with Crippen molar-refractivity contribution in [2.24, 2.45) is 0 Å². The summed E-state index contributed by atoms with van der Waals surface area (Å²) in [5.74, 6) is 0. The summed E-state index contributed by atoms with van der Waals surface area (Å²) in [7, 11) is 0. The van der Waals surface area contributed by atoms with E-state index in [2.05, 4.69) is 13.2 Å². The first-order chi connectivity index (χ1) is 5.35. The third-order valence-electron chi connectivity index (χ3n) is 1.10. The lowest BCUT2D eigenvalue weighted by molar-refractivity contribution is 0.109. The fourth-order valence-corrected chi connectivity index (χ4v) is 0.581. The Balaban J connectivity index is 3.60. The fourth-order valence-electron chi connectivity index (χ4n) is 0.581. The van der Waals surface area contributed by atoms with Gasteiger partial charge in [0.15, 0.2) is 0 Å². The van der Waals surface area contributed by atoms with Gasteiger partial charge in [-0.15, -0.1) is 0 Å². The molecule has 0 unspecified atom stereocenters. The van der Waals surface area contributed by atoms with Crippen molar-refractivity contribution < 1.29 is 9.84 Å². The van der Waals surface area contributed by atoms with E-state index < -0.39 is 0 Å². The Labute approximate surface area is 67.5 Å². The second-order valence-corrected chi connectivity index (χ2v) is 1.96. The SMILES string of the molecule is C=C/C=C(\C=C)COCCO. The lowest BCUT2D eigenvalue weighted by Crippen LogP contribution is -2.01. The zero-order valence-corrected chi connectivity index (χ0v) is 6.62. The highest BCUT2D eigenvalue weighted by Gasteiger charge is 1.89. The van der Waals surface area contributed by atoms with Crippen LogP contribution in [0.15, 0.2) is 37.0 Å². The minimum Gasteiger partial charge on any atom is -0.394 e. The molecule has 0 bridgehead atoms. The summed E-state index contributed by atoms with van der Waals surface area (Å²) in [6.07, 6.45) is 5.21. The third kappa shape index (κ3) is 5.58. The molecule has 62 valence electrons. The number of rotatable bonds is 6. The van der Waals surface area contributed by atoms with Gasteiger partial charge >= 0.3 is 0 Å². The van der Waals surface area contributed by atoms with Crippen molar-refractivity contribution in [2.75, 3.05) is 19.8 Å². The topological polar surface area (TPSA) is 29.5 Å². The molecule has 0 spiro atoms. The first-order valence-electron chi connectivity index (χ1n) is 3.47. The Morgan fingerprint density at radius 1 is 1.45 bits per heavy atom. The second-order valence-electron chi connectivity index (χ2n) is 1.96. The van der Waals surface area contributed by atoms with Gasteiger partial charge in [-0.1, -0.05) is 31.4 Å². The molecule has 1 N–H and O–H groups in total. The van der Waals surface area contributed by atoms with Crippen LogP contribution in [0.2, 0.25) is 0 Å². The van der Waals surface area contributed by atoms with Crippen molar-refractivity contribution >= 4 is 0 Å². The van der Waals surface area contributed by atoms with E-state index in [1.54, 1.807) is 12.2 Å². The van der Waals surface area contributed by atoms with Gasteiger partial charge in [0.2, 0.25) is 0 Å². The fraction of sp³-hybridized carbons (Fsp3) is 0.333. The third-order valence-corrected chi connectivity index (χ3v) is 1.10. The highest BCUT2D eigenvalue weighted by Crippen LogP contribution is 1.96. The summed E-state index contributed by atoms with van der Waals surface area (Å²) >= 11 is 0. The molecule has 0 saturated heterocycles. The van der Waals surface area contributed by atoms with Gasteiger partial charge in [0.1, 0.15) is 0 Å². The minimum absolute atomic E-state index is 0.0541. The van der Waals surface area contributed by atoms with Crippen LogP contribution in [0.5, 0.6) is 0 Å². The summed E-state index contributed by atoms with van der Waals surface area (Å²) in [6, 6.07) is 0. The molecule has 0 aliphatic heterocycles. The molecule has 0 heterocycles. The highest BCUT2D eigenvalue weighted by molar-refractivity contribution is 5.21. The Kier molecular flexibility index (Phi) is 6.68. The molecule has 0 radical (unpaired) electrons. The van der Waals surface area contributed by atoms with Crippen LogP contribution in [-0.4, -0.2) is 24.9 Å². The van der Waals surface area contributed by atoms with Crippen LogP contribution in [0.3, 0.4) is 0 Å². The van der Waals surface area contributed by atoms with E-state index in [1.807, 2.05) is 6.08 Å². The number of aliphatic hydroxyl groups excluding tert-OH is 1. The lowest BCUT2D eigenvalue weighted by atomic mass is 10.2. The van der Waals surface area contributed by atoms with Crippen molar-refractivity contribution in [1.29, 1.82) is 0 Å². The van der Waals surface area contributed by atoms with Crippen LogP contribution in [0, 0.1) is 0 Å². The standard InChI is InChI=1S/C9H14O2/c1-3-5-9(4-2)8-11-7-6-10/h3-5,10H,1-2,6-8H2/b9-5+. The molecule has 0 aromatic heterocycles. The molecule has 0 amide bonds. The molecule has 2 nitrogen and oxygen atoms in total. The zero-order valence-electron chi connectivity index (χ0n) is 6.62. The number of allylic oxidation sites excluding steroid dienone is 2. The Hall–Kier alpha value is -0.860. The van der Waals surface area contributed by atoms with Crippen molar-refractivity contribution in [1.82, 2.24) is 0 Å². The Morgan fingerprint density at radius 3 is 2.64 bits per heavy atom. The lowest BCUT2D eigenvalue weighted by Gasteiger charge is -2.01. The Morgan fingerprint density at radius 2 is 2.18 bits per heavy atom. The molecule has 0 aliphatic carbocycles. The van der Waals surface area contributed by atoms with Gasteiger partial charge in [-0.3, -0.25) is 0 Å². The summed E-state index contributed by atoms with van der Waals surface area (Å²) in [5.41, 5.74) is 0.966. The van der Waals surface area contributed by atoms with Crippen LogP contribution in [0.4, 0.5) is 0 Å². The molecule has 0 aromatic rings. The van der Waals surface area contributed by atoms with Crippen LogP contribution in [0.1, 0.15) is 0 Å². The van der Waals surface area contributed by atoms with Crippen molar-refractivity contribution in [3.8, 4) is 0 Å². The average molecular weight is 154 g/mol. The van der Waals surface area contributed by atoms with Crippen LogP contribution < -0.4 is 0 Å². The monoisotopic (exact) mass is 154 g/mol. The molecule has 0 saturated carbocycles. The average Bonchev–Trinajstić information content (AvgIpc) is 2.03. The van der Waals surface area contributed by atoms with E-state index in [4.69, 9.17) is 9.84 Å². The first kappa shape index (κ1) is 10.1. The van der Waals surface area contributed by atoms with Gasteiger partial charge in [0.25, 0.3) is 0 Å². The smallest absolute Gasteiger partial charge is 0.0717 e. The summed E-state index contributed by atoms with van der Waals surface area (Å²) < 4.78 is 5.05. The van der Waals surface area contributed by atoms with Crippen molar-refractivity contribution in [2.45, 2.75) is 0 Å². The molecule has 0 fully saturated rings. The van der Waals surface area contributed by atoms with Gasteiger partial charge in [-0.25, -0.2) is 0 Å². The van der Waals surface area contributed by atoms with Gasteiger partial charge in [0.05, 0.1) is 19.8 Å². The first-order valence-corrected chi connectivity index (χ1v) is 3.47. The zero-order chi connectivity index (χ0) is 8.53. The van der Waals surface area contributed by atoms with E-state index in [0.717, 1.165) is 5.57 Å². The molecule has 11 heavy (non-hydrogen) atoms. The quantitative estimate of drug-likeness (QED) is 0.461. The normalized spacial score (nSPS) is 11.2. The maximum absolute atomic E-state index is 8.39. The molecule has 0 atom stereocenters. The Bertz CT molecular complexity index is 148. The maximum Gasteiger partial charge on any atom is 0.0717 e. The van der Waals surface area contributed by atoms with Gasteiger partial charge < -0.3 is 9.84 Å². The molecule has 0 aliphatic rings. The second kappa shape index (κ2) is 7.25. The van der Waals surface area contributed by atoms with Crippen molar-refractivity contribution in [3.63, 3.8) is 0 Å². The van der Waals surface area contributed by atoms with E-state index >= 15 is 0 Å². The van der Waals surface area contributed by atoms with E-state index in [9.17, 15) is 0 Å². The number of hydrogen-bond donors (Lipinski definition) is 1. The summed E-state index contributed by atoms with van der Waals surface area (Å²) in [5, 5.41) is 8.39. The predicted octanol–water partition coefficient (Wildman–Crippen LogP) is 1.29. The van der Waals surface area contributed by atoms with E-state index in [1.165, 1.54) is 0 Å². The van der Waals surface area contributed by atoms with Crippen LogP contribution in [0.25, 0.3) is 0 Å². The number of aliphatic hydroxyl groups is 1. The molecular formula is C9H14O2. The minimum atomic E-state index is 0.0541. The summed E-state index contributed by atoms with van der Waals surface area (Å²) in [4.78, 5) is 0. The van der Waals surface area contributed by atoms with Gasteiger partial charge in [0, 0.05) is 0 Å². The maximum atomic E-state index is 8.39. The highest BCUT2D eigenvalue weighted by atomic mass is 16.5. The molecule has 0 rings (SSSR count). The van der Waals surface area contributed by atoms with Crippen molar-refractivity contribution in [3.05, 3.63) is 37.0 Å². The number of hydrogen-bond acceptors (Lipinski definition) is 2. The van der Waals surface area contributed by atoms with Gasteiger partial charge in [-0.05, 0) is 5.57 Å². The van der Waals surface area contributed by atoms with E-state index in [0.29, 0.717) is 13.2 Å². The molecule has 0 aromatic carbocycles. The van der Waals surface area contributed by atoms with E-state index in [-0.39, 0.29) is 6.61 Å². The molecule has 2 heteroatoms.